The number of hydrogen-bond acceptors (Lipinski definition) is 2. The number of hydrogen-bond donors (Lipinski definition) is 1. The first kappa shape index (κ1) is 11.0. The van der Waals surface area contributed by atoms with Crippen molar-refractivity contribution in [2.45, 2.75) is 25.8 Å². The van der Waals surface area contributed by atoms with Crippen molar-refractivity contribution >= 4 is 5.91 Å². The Bertz CT molecular complexity index is 258. The molecule has 2 N–H and O–H groups in total. The van der Waals surface area contributed by atoms with E-state index in [0.717, 1.165) is 13.0 Å². The van der Waals surface area contributed by atoms with Crippen LogP contribution in [0.5, 0.6) is 0 Å². The van der Waals surface area contributed by atoms with E-state index in [1.165, 1.54) is 5.57 Å². The third kappa shape index (κ3) is 2.70. The summed E-state index contributed by atoms with van der Waals surface area (Å²) in [6.45, 7) is 7.17. The summed E-state index contributed by atoms with van der Waals surface area (Å²) in [5, 5.41) is 0. The van der Waals surface area contributed by atoms with Gasteiger partial charge in [0.1, 0.15) is 0 Å². The molecule has 1 rings (SSSR count). The Morgan fingerprint density at radius 2 is 2.57 bits per heavy atom. The van der Waals surface area contributed by atoms with Gasteiger partial charge in [0.05, 0.1) is 6.04 Å². The van der Waals surface area contributed by atoms with E-state index >= 15 is 0 Å². The Morgan fingerprint density at radius 1 is 1.86 bits per heavy atom. The Balaban J connectivity index is 2.49. The lowest BCUT2D eigenvalue weighted by Crippen LogP contribution is -2.45. The maximum atomic E-state index is 11.7. The van der Waals surface area contributed by atoms with Crippen LogP contribution >= 0.6 is 0 Å². The van der Waals surface area contributed by atoms with Crippen LogP contribution in [0.1, 0.15) is 19.8 Å². The predicted molar refractivity (Wildman–Crippen MR) is 57.7 cm³/mol. The monoisotopic (exact) mass is 194 g/mol. The summed E-state index contributed by atoms with van der Waals surface area (Å²) in [5.74, 6) is 0.0358. The summed E-state index contributed by atoms with van der Waals surface area (Å²) in [6.07, 6.45) is 5.29. The van der Waals surface area contributed by atoms with Crippen LogP contribution in [0.3, 0.4) is 0 Å². The smallest absolute Gasteiger partial charge is 0.240 e. The summed E-state index contributed by atoms with van der Waals surface area (Å²) in [7, 11) is 0. The molecule has 0 aliphatic carbocycles. The van der Waals surface area contributed by atoms with Crippen molar-refractivity contribution < 1.29 is 4.79 Å². The molecule has 0 aromatic heterocycles. The van der Waals surface area contributed by atoms with Gasteiger partial charge in [-0.05, 0) is 19.8 Å². The second-order valence-electron chi connectivity index (χ2n) is 3.72. The fourth-order valence-corrected chi connectivity index (χ4v) is 1.49. The molecule has 3 nitrogen and oxygen atoms in total. The molecule has 0 aromatic carbocycles. The number of rotatable bonds is 3. The van der Waals surface area contributed by atoms with Crippen molar-refractivity contribution in [3.8, 4) is 0 Å². The Kier molecular flexibility index (Phi) is 3.89. The summed E-state index contributed by atoms with van der Waals surface area (Å²) in [4.78, 5) is 13.5. The lowest BCUT2D eigenvalue weighted by atomic mass is 10.1. The van der Waals surface area contributed by atoms with Crippen LogP contribution in [0.15, 0.2) is 24.3 Å². The zero-order valence-corrected chi connectivity index (χ0v) is 8.70. The lowest BCUT2D eigenvalue weighted by molar-refractivity contribution is -0.132. The zero-order chi connectivity index (χ0) is 10.6. The predicted octanol–water partition coefficient (Wildman–Crippen LogP) is 1.07. The van der Waals surface area contributed by atoms with Gasteiger partial charge in [-0.1, -0.05) is 17.7 Å². The lowest BCUT2D eigenvalue weighted by Gasteiger charge is -2.27. The van der Waals surface area contributed by atoms with Crippen molar-refractivity contribution in [1.29, 1.82) is 0 Å². The van der Waals surface area contributed by atoms with E-state index in [1.807, 2.05) is 0 Å². The fourth-order valence-electron chi connectivity index (χ4n) is 1.49. The van der Waals surface area contributed by atoms with E-state index in [1.54, 1.807) is 11.0 Å². The van der Waals surface area contributed by atoms with Gasteiger partial charge < -0.3 is 10.6 Å². The van der Waals surface area contributed by atoms with Crippen LogP contribution in [0.2, 0.25) is 0 Å². The van der Waals surface area contributed by atoms with Gasteiger partial charge in [-0.3, -0.25) is 4.79 Å². The molecule has 14 heavy (non-hydrogen) atoms. The van der Waals surface area contributed by atoms with E-state index in [2.05, 4.69) is 19.6 Å². The highest BCUT2D eigenvalue weighted by molar-refractivity contribution is 5.82. The first-order chi connectivity index (χ1) is 6.65. The molecule has 0 aromatic rings. The van der Waals surface area contributed by atoms with Gasteiger partial charge in [-0.15, -0.1) is 6.58 Å². The third-order valence-electron chi connectivity index (χ3n) is 2.49. The van der Waals surface area contributed by atoms with Crippen molar-refractivity contribution in [3.05, 3.63) is 24.3 Å². The van der Waals surface area contributed by atoms with Gasteiger partial charge in [-0.2, -0.15) is 0 Å². The molecule has 0 spiro atoms. The molecule has 0 radical (unpaired) electrons. The molecule has 0 bridgehead atoms. The molecule has 3 heteroatoms. The number of amides is 1. The van der Waals surface area contributed by atoms with Gasteiger partial charge in [-0.25, -0.2) is 0 Å². The fraction of sp³-hybridized carbons (Fsp3) is 0.545. The minimum absolute atomic E-state index is 0.0358. The first-order valence-electron chi connectivity index (χ1n) is 4.96. The van der Waals surface area contributed by atoms with Crippen LogP contribution in [-0.4, -0.2) is 29.9 Å². The van der Waals surface area contributed by atoms with Gasteiger partial charge in [0.15, 0.2) is 0 Å². The third-order valence-corrected chi connectivity index (χ3v) is 2.49. The highest BCUT2D eigenvalue weighted by Crippen LogP contribution is 2.10. The molecule has 1 aliphatic rings. The van der Waals surface area contributed by atoms with Crippen LogP contribution in [-0.2, 0) is 4.79 Å². The van der Waals surface area contributed by atoms with Gasteiger partial charge in [0, 0.05) is 13.1 Å². The Hall–Kier alpha value is -1.09. The molecule has 1 amide bonds. The SMILES string of the molecule is C=CCC(N)C(=O)N1CC=C(C)CC1. The average Bonchev–Trinajstić information content (AvgIpc) is 2.18. The molecule has 78 valence electrons. The normalized spacial score (nSPS) is 18.7. The molecular weight excluding hydrogens is 176 g/mol. The summed E-state index contributed by atoms with van der Waals surface area (Å²) in [5.41, 5.74) is 7.06. The summed E-state index contributed by atoms with van der Waals surface area (Å²) < 4.78 is 0. The number of carbonyl (C=O) groups is 1. The van der Waals surface area contributed by atoms with Crippen LogP contribution < -0.4 is 5.73 Å². The summed E-state index contributed by atoms with van der Waals surface area (Å²) in [6, 6.07) is -0.417. The van der Waals surface area contributed by atoms with Crippen molar-refractivity contribution in [2.24, 2.45) is 5.73 Å². The van der Waals surface area contributed by atoms with Gasteiger partial charge >= 0.3 is 0 Å². The molecule has 0 saturated carbocycles. The molecule has 0 fully saturated rings. The first-order valence-corrected chi connectivity index (χ1v) is 4.96. The largest absolute Gasteiger partial charge is 0.337 e. The van der Waals surface area contributed by atoms with E-state index in [0.29, 0.717) is 13.0 Å². The zero-order valence-electron chi connectivity index (χ0n) is 8.70. The second-order valence-corrected chi connectivity index (χ2v) is 3.72. The minimum atomic E-state index is -0.417. The molecular formula is C11H18N2O. The molecule has 1 heterocycles. The second kappa shape index (κ2) is 4.96. The van der Waals surface area contributed by atoms with Gasteiger partial charge in [0.25, 0.3) is 0 Å². The van der Waals surface area contributed by atoms with Crippen LogP contribution in [0, 0.1) is 0 Å². The van der Waals surface area contributed by atoms with E-state index in [9.17, 15) is 4.79 Å². The van der Waals surface area contributed by atoms with Crippen molar-refractivity contribution in [3.63, 3.8) is 0 Å². The Morgan fingerprint density at radius 3 is 3.07 bits per heavy atom. The van der Waals surface area contributed by atoms with Crippen LogP contribution in [0.25, 0.3) is 0 Å². The standard InChI is InChI=1S/C11H18N2O/c1-3-4-10(12)11(14)13-7-5-9(2)6-8-13/h3,5,10H,1,4,6-8,12H2,2H3. The molecule has 1 aliphatic heterocycles. The number of nitrogens with zero attached hydrogens (tertiary/aromatic N) is 1. The van der Waals surface area contributed by atoms with E-state index in [-0.39, 0.29) is 5.91 Å². The number of carbonyl (C=O) groups excluding carboxylic acids is 1. The molecule has 0 saturated heterocycles. The topological polar surface area (TPSA) is 46.3 Å². The maximum absolute atomic E-state index is 11.7. The van der Waals surface area contributed by atoms with Crippen LogP contribution in [0.4, 0.5) is 0 Å². The van der Waals surface area contributed by atoms with Gasteiger partial charge in [0.2, 0.25) is 5.91 Å². The molecule has 1 unspecified atom stereocenters. The van der Waals surface area contributed by atoms with E-state index < -0.39 is 6.04 Å². The Labute approximate surface area is 85.3 Å². The number of nitrogens with two attached hydrogens (primary N) is 1. The quantitative estimate of drug-likeness (QED) is 0.683. The van der Waals surface area contributed by atoms with Crippen molar-refractivity contribution in [2.75, 3.05) is 13.1 Å². The maximum Gasteiger partial charge on any atom is 0.240 e. The minimum Gasteiger partial charge on any atom is -0.337 e. The van der Waals surface area contributed by atoms with E-state index in [4.69, 9.17) is 5.73 Å². The highest BCUT2D eigenvalue weighted by atomic mass is 16.2. The average molecular weight is 194 g/mol. The summed E-state index contributed by atoms with van der Waals surface area (Å²) >= 11 is 0. The molecule has 1 atom stereocenters. The van der Waals surface area contributed by atoms with Crippen molar-refractivity contribution in [1.82, 2.24) is 4.90 Å². The highest BCUT2D eigenvalue weighted by Gasteiger charge is 2.20.